The average molecular weight is 330 g/mol. The van der Waals surface area contributed by atoms with Crippen LogP contribution < -0.4 is 9.47 Å². The topological polar surface area (TPSA) is 105 Å². The van der Waals surface area contributed by atoms with Crippen LogP contribution >= 0.6 is 0 Å². The molecule has 24 heavy (non-hydrogen) atoms. The smallest absolute Gasteiger partial charge is 0.283 e. The number of nitrogens with zero attached hydrogens (tertiary/aromatic N) is 2. The molecule has 0 fully saturated rings. The quantitative estimate of drug-likeness (QED) is 0.454. The molecule has 0 aliphatic carbocycles. The van der Waals surface area contributed by atoms with Gasteiger partial charge in [-0.1, -0.05) is 12.1 Å². The van der Waals surface area contributed by atoms with Crippen LogP contribution in [0.5, 0.6) is 11.5 Å². The van der Waals surface area contributed by atoms with E-state index in [0.29, 0.717) is 11.5 Å². The van der Waals surface area contributed by atoms with Crippen molar-refractivity contribution in [2.24, 2.45) is 0 Å². The Morgan fingerprint density at radius 1 is 0.875 bits per heavy atom. The van der Waals surface area contributed by atoms with Gasteiger partial charge in [0.25, 0.3) is 11.4 Å². The minimum absolute atomic E-state index is 0.264. The van der Waals surface area contributed by atoms with Gasteiger partial charge in [0.2, 0.25) is 0 Å². The van der Waals surface area contributed by atoms with E-state index >= 15 is 0 Å². The summed E-state index contributed by atoms with van der Waals surface area (Å²) in [6.07, 6.45) is 3.17. The van der Waals surface area contributed by atoms with Crippen molar-refractivity contribution in [2.45, 2.75) is 0 Å². The third-order valence-corrected chi connectivity index (χ3v) is 3.28. The van der Waals surface area contributed by atoms with Gasteiger partial charge < -0.3 is 9.47 Å². The molecule has 2 aromatic carbocycles. The molecule has 0 radical (unpaired) electrons. The predicted octanol–water partition coefficient (Wildman–Crippen LogP) is 3.69. The Morgan fingerprint density at radius 2 is 1.58 bits per heavy atom. The van der Waals surface area contributed by atoms with Crippen molar-refractivity contribution in [3.8, 4) is 11.5 Å². The summed E-state index contributed by atoms with van der Waals surface area (Å²) in [5.41, 5.74) is 0.339. The lowest BCUT2D eigenvalue weighted by molar-refractivity contribution is -0.394. The fraction of sp³-hybridized carbons (Fsp3) is 0.125. The fourth-order valence-electron chi connectivity index (χ4n) is 2.09. The molecule has 0 saturated carbocycles. The number of non-ortho nitro benzene ring substituents is 1. The number of methoxy groups -OCH3 is 2. The summed E-state index contributed by atoms with van der Waals surface area (Å²) in [5, 5.41) is 21.8. The van der Waals surface area contributed by atoms with E-state index in [1.54, 1.807) is 24.3 Å². The van der Waals surface area contributed by atoms with Gasteiger partial charge in [0.15, 0.2) is 11.5 Å². The maximum Gasteiger partial charge on any atom is 0.283 e. The Kier molecular flexibility index (Phi) is 5.10. The highest BCUT2D eigenvalue weighted by Gasteiger charge is 2.17. The van der Waals surface area contributed by atoms with Crippen LogP contribution in [-0.4, -0.2) is 24.1 Å². The van der Waals surface area contributed by atoms with Gasteiger partial charge in [0.1, 0.15) is 0 Å². The van der Waals surface area contributed by atoms with Crippen molar-refractivity contribution in [2.75, 3.05) is 14.2 Å². The Bertz CT molecular complexity index is 816. The van der Waals surface area contributed by atoms with Crippen molar-refractivity contribution in [1.82, 2.24) is 0 Å². The van der Waals surface area contributed by atoms with Gasteiger partial charge >= 0.3 is 0 Å². The van der Waals surface area contributed by atoms with Crippen molar-refractivity contribution in [1.29, 1.82) is 0 Å². The summed E-state index contributed by atoms with van der Waals surface area (Å²) in [6, 6.07) is 8.69. The molecule has 2 aromatic rings. The molecule has 8 nitrogen and oxygen atoms in total. The fourth-order valence-corrected chi connectivity index (χ4v) is 2.09. The molecule has 124 valence electrons. The van der Waals surface area contributed by atoms with Gasteiger partial charge in [0, 0.05) is 6.07 Å². The zero-order chi connectivity index (χ0) is 17.7. The van der Waals surface area contributed by atoms with Gasteiger partial charge in [-0.05, 0) is 29.8 Å². The molecule has 2 rings (SSSR count). The van der Waals surface area contributed by atoms with E-state index in [1.165, 1.54) is 32.4 Å². The van der Waals surface area contributed by atoms with Crippen molar-refractivity contribution >= 4 is 23.5 Å². The van der Waals surface area contributed by atoms with Gasteiger partial charge in [0.05, 0.1) is 35.7 Å². The maximum atomic E-state index is 11.1. The van der Waals surface area contributed by atoms with E-state index < -0.39 is 9.85 Å². The number of rotatable bonds is 6. The van der Waals surface area contributed by atoms with Crippen molar-refractivity contribution in [3.63, 3.8) is 0 Å². The summed E-state index contributed by atoms with van der Waals surface area (Å²) in [6.45, 7) is 0. The van der Waals surface area contributed by atoms with E-state index in [2.05, 4.69) is 0 Å². The van der Waals surface area contributed by atoms with E-state index in [1.807, 2.05) is 0 Å². The lowest BCUT2D eigenvalue weighted by Gasteiger charge is -2.07. The first-order valence-electron chi connectivity index (χ1n) is 6.79. The highest BCUT2D eigenvalue weighted by Crippen LogP contribution is 2.30. The molecular formula is C16H14N2O6. The monoisotopic (exact) mass is 330 g/mol. The number of ether oxygens (including phenoxy) is 2. The highest BCUT2D eigenvalue weighted by molar-refractivity contribution is 5.75. The summed E-state index contributed by atoms with van der Waals surface area (Å²) in [4.78, 5) is 20.5. The van der Waals surface area contributed by atoms with Crippen LogP contribution in [0.3, 0.4) is 0 Å². The molecule has 0 aliphatic rings. The number of nitro groups is 2. The molecule has 0 saturated heterocycles. The first kappa shape index (κ1) is 16.9. The summed E-state index contributed by atoms with van der Waals surface area (Å²) >= 11 is 0. The summed E-state index contributed by atoms with van der Waals surface area (Å²) in [5.74, 6) is 1.09. The van der Waals surface area contributed by atoms with Crippen LogP contribution in [0.1, 0.15) is 11.1 Å². The van der Waals surface area contributed by atoms with Crippen LogP contribution in [-0.2, 0) is 0 Å². The average Bonchev–Trinajstić information content (AvgIpc) is 2.59. The molecule has 0 bridgehead atoms. The van der Waals surface area contributed by atoms with E-state index in [0.717, 1.165) is 11.6 Å². The number of benzene rings is 2. The predicted molar refractivity (Wildman–Crippen MR) is 88.2 cm³/mol. The number of nitro benzene ring substituents is 2. The van der Waals surface area contributed by atoms with E-state index in [9.17, 15) is 20.2 Å². The standard InChI is InChI=1S/C16H14N2O6/c1-23-15-8-4-11(9-16(15)24-2)3-5-12-6-7-13(17(19)20)10-14(12)18(21)22/h3-10H,1-2H3. The molecule has 0 spiro atoms. The first-order valence-corrected chi connectivity index (χ1v) is 6.79. The Morgan fingerprint density at radius 3 is 2.17 bits per heavy atom. The zero-order valence-electron chi connectivity index (χ0n) is 13.0. The second-order valence-corrected chi connectivity index (χ2v) is 4.71. The van der Waals surface area contributed by atoms with E-state index in [-0.39, 0.29) is 16.9 Å². The normalized spacial score (nSPS) is 10.6. The second-order valence-electron chi connectivity index (χ2n) is 4.71. The Balaban J connectivity index is 2.38. The molecule has 0 aliphatic heterocycles. The Labute approximate surface area is 137 Å². The van der Waals surface area contributed by atoms with E-state index in [4.69, 9.17) is 9.47 Å². The molecule has 8 heteroatoms. The molecule has 0 unspecified atom stereocenters. The van der Waals surface area contributed by atoms with Crippen LogP contribution in [0.15, 0.2) is 36.4 Å². The van der Waals surface area contributed by atoms with Gasteiger partial charge in [-0.3, -0.25) is 20.2 Å². The number of hydrogen-bond acceptors (Lipinski definition) is 6. The molecule has 0 heterocycles. The third kappa shape index (κ3) is 3.67. The highest BCUT2D eigenvalue weighted by atomic mass is 16.6. The van der Waals surface area contributed by atoms with Crippen molar-refractivity contribution in [3.05, 3.63) is 67.8 Å². The summed E-state index contributed by atoms with van der Waals surface area (Å²) < 4.78 is 10.3. The summed E-state index contributed by atoms with van der Waals surface area (Å²) in [7, 11) is 3.03. The lowest BCUT2D eigenvalue weighted by Crippen LogP contribution is -1.95. The second kappa shape index (κ2) is 7.23. The largest absolute Gasteiger partial charge is 0.493 e. The van der Waals surface area contributed by atoms with Crippen molar-refractivity contribution < 1.29 is 19.3 Å². The van der Waals surface area contributed by atoms with Crippen LogP contribution in [0.4, 0.5) is 11.4 Å². The van der Waals surface area contributed by atoms with Crippen LogP contribution in [0.25, 0.3) is 12.2 Å². The zero-order valence-corrected chi connectivity index (χ0v) is 13.0. The van der Waals surface area contributed by atoms with Gasteiger partial charge in [-0.2, -0.15) is 0 Å². The number of hydrogen-bond donors (Lipinski definition) is 0. The minimum Gasteiger partial charge on any atom is -0.493 e. The molecule has 0 amide bonds. The molecule has 0 aromatic heterocycles. The first-order chi connectivity index (χ1) is 11.5. The molecule has 0 N–H and O–H groups in total. The lowest BCUT2D eigenvalue weighted by atomic mass is 10.1. The molecular weight excluding hydrogens is 316 g/mol. The SMILES string of the molecule is COc1ccc(C=Cc2ccc([N+](=O)[O-])cc2[N+](=O)[O-])cc1OC. The maximum absolute atomic E-state index is 11.1. The third-order valence-electron chi connectivity index (χ3n) is 3.28. The van der Waals surface area contributed by atoms with Gasteiger partial charge in [-0.25, -0.2) is 0 Å². The van der Waals surface area contributed by atoms with Crippen LogP contribution in [0.2, 0.25) is 0 Å². The van der Waals surface area contributed by atoms with Crippen LogP contribution in [0, 0.1) is 20.2 Å². The van der Waals surface area contributed by atoms with Gasteiger partial charge in [-0.15, -0.1) is 0 Å². The molecule has 0 atom stereocenters. The Hall–Kier alpha value is -3.42. The minimum atomic E-state index is -0.672.